The number of alkyl halides is 3. The maximum atomic E-state index is 14.4. The highest BCUT2D eigenvalue weighted by Gasteiger charge is 2.31. The number of hydrogen-bond acceptors (Lipinski definition) is 4. The molecule has 182 valence electrons. The van der Waals surface area contributed by atoms with Gasteiger partial charge in [0.1, 0.15) is 11.6 Å². The summed E-state index contributed by atoms with van der Waals surface area (Å²) in [6.45, 7) is 4.05. The van der Waals surface area contributed by atoms with Gasteiger partial charge in [0.15, 0.2) is 5.65 Å². The van der Waals surface area contributed by atoms with Gasteiger partial charge in [-0.1, -0.05) is 24.3 Å². The lowest BCUT2D eigenvalue weighted by atomic mass is 10.0. The monoisotopic (exact) mass is 484 g/mol. The predicted octanol–water partition coefficient (Wildman–Crippen LogP) is 5.80. The van der Waals surface area contributed by atoms with Crippen LogP contribution in [0.4, 0.5) is 23.4 Å². The highest BCUT2D eigenvalue weighted by atomic mass is 19.4. The number of aryl methyl sites for hydroxylation is 2. The van der Waals surface area contributed by atoms with Gasteiger partial charge in [-0.15, -0.1) is 0 Å². The minimum atomic E-state index is -4.49. The molecule has 0 amide bonds. The number of rotatable bonds is 4. The zero-order valence-electron chi connectivity index (χ0n) is 19.3. The molecule has 1 aliphatic rings. The molecule has 5 nitrogen and oxygen atoms in total. The first-order chi connectivity index (χ1) is 16.7. The van der Waals surface area contributed by atoms with Crippen LogP contribution in [0.15, 0.2) is 48.5 Å². The van der Waals surface area contributed by atoms with Crippen LogP contribution in [-0.4, -0.2) is 38.9 Å². The van der Waals surface area contributed by atoms with E-state index in [-0.39, 0.29) is 18.5 Å². The Morgan fingerprint density at radius 2 is 1.86 bits per heavy atom. The molecule has 35 heavy (non-hydrogen) atoms. The summed E-state index contributed by atoms with van der Waals surface area (Å²) in [5.41, 5.74) is 2.69. The van der Waals surface area contributed by atoms with Crippen LogP contribution in [0, 0.1) is 19.7 Å². The second-order valence-corrected chi connectivity index (χ2v) is 8.91. The number of aromatic nitrogens is 3. The van der Waals surface area contributed by atoms with Crippen LogP contribution in [0.1, 0.15) is 29.7 Å². The lowest BCUT2D eigenvalue weighted by Gasteiger charge is -2.25. The van der Waals surface area contributed by atoms with Gasteiger partial charge < -0.3 is 10.0 Å². The van der Waals surface area contributed by atoms with Crippen molar-refractivity contribution in [3.63, 3.8) is 0 Å². The van der Waals surface area contributed by atoms with Gasteiger partial charge in [0.2, 0.25) is 0 Å². The Bertz CT molecular complexity index is 1410. The molecule has 1 unspecified atom stereocenters. The van der Waals surface area contributed by atoms with Gasteiger partial charge in [-0.2, -0.15) is 18.3 Å². The van der Waals surface area contributed by atoms with Gasteiger partial charge in [-0.3, -0.25) is 0 Å². The van der Waals surface area contributed by atoms with Crippen LogP contribution in [-0.2, 0) is 6.18 Å². The lowest BCUT2D eigenvalue weighted by Crippen LogP contribution is -2.32. The molecule has 4 aromatic rings. The predicted molar refractivity (Wildman–Crippen MR) is 126 cm³/mol. The molecule has 5 rings (SSSR count). The van der Waals surface area contributed by atoms with Crippen LogP contribution in [0.3, 0.4) is 0 Å². The molecule has 1 aliphatic heterocycles. The molecular formula is C26H24F4N4O. The Kier molecular flexibility index (Phi) is 5.75. The lowest BCUT2D eigenvalue weighted by molar-refractivity contribution is -0.137. The van der Waals surface area contributed by atoms with Crippen molar-refractivity contribution in [2.24, 2.45) is 0 Å². The largest absolute Gasteiger partial charge is 0.416 e. The smallest absolute Gasteiger partial charge is 0.394 e. The summed E-state index contributed by atoms with van der Waals surface area (Å²) in [5.74, 6) is 0.172. The van der Waals surface area contributed by atoms with E-state index >= 15 is 0 Å². The molecular weight excluding hydrogens is 460 g/mol. The summed E-state index contributed by atoms with van der Waals surface area (Å²) in [5, 5.41) is 14.5. The second kappa shape index (κ2) is 8.64. The first-order valence-electron chi connectivity index (χ1n) is 11.4. The summed E-state index contributed by atoms with van der Waals surface area (Å²) < 4.78 is 56.4. The summed E-state index contributed by atoms with van der Waals surface area (Å²) >= 11 is 0. The number of hydrogen-bond donors (Lipinski definition) is 1. The third-order valence-corrected chi connectivity index (χ3v) is 6.58. The second-order valence-electron chi connectivity index (χ2n) is 8.91. The summed E-state index contributed by atoms with van der Waals surface area (Å²) in [6, 6.07) is 11.5. The van der Waals surface area contributed by atoms with E-state index in [9.17, 15) is 22.7 Å². The molecule has 0 bridgehead atoms. The molecule has 1 saturated heterocycles. The van der Waals surface area contributed by atoms with Gasteiger partial charge >= 0.3 is 6.18 Å². The van der Waals surface area contributed by atoms with Crippen LogP contribution in [0.2, 0.25) is 0 Å². The van der Waals surface area contributed by atoms with Crippen molar-refractivity contribution in [1.82, 2.24) is 14.6 Å². The average molecular weight is 484 g/mol. The summed E-state index contributed by atoms with van der Waals surface area (Å²) in [6.07, 6.45) is -2.84. The summed E-state index contributed by atoms with van der Waals surface area (Å²) in [7, 11) is 0. The number of aliphatic hydroxyl groups excluding tert-OH is 1. The van der Waals surface area contributed by atoms with Crippen molar-refractivity contribution < 1.29 is 22.7 Å². The standard InChI is InChI=1S/C26H24F4N4O/c1-15-8-9-18(12-21(15)27)24-16(2)32-34-22(17-5-3-6-19(11-17)26(28,29)30)13-23(31-25(24)34)33-10-4-7-20(33)14-35/h3,5-6,8-9,11-13,20,35H,4,7,10,14H2,1-2H3. The average Bonchev–Trinajstić information content (AvgIpc) is 3.43. The van der Waals surface area contributed by atoms with Crippen molar-refractivity contribution in [3.05, 3.63) is 71.2 Å². The Hall–Kier alpha value is -3.46. The highest BCUT2D eigenvalue weighted by molar-refractivity contribution is 5.83. The SMILES string of the molecule is Cc1ccc(-c2c(C)nn3c(-c4cccc(C(F)(F)F)c4)cc(N4CCCC4CO)nc23)cc1F. The number of halogens is 4. The topological polar surface area (TPSA) is 53.7 Å². The van der Waals surface area contributed by atoms with E-state index in [4.69, 9.17) is 4.98 Å². The molecule has 2 aromatic heterocycles. The van der Waals surface area contributed by atoms with Gasteiger partial charge in [0.25, 0.3) is 0 Å². The van der Waals surface area contributed by atoms with Crippen molar-refractivity contribution in [1.29, 1.82) is 0 Å². The van der Waals surface area contributed by atoms with E-state index in [1.54, 1.807) is 38.1 Å². The number of anilines is 1. The molecule has 1 fully saturated rings. The first-order valence-corrected chi connectivity index (χ1v) is 11.4. The molecule has 0 saturated carbocycles. The van der Waals surface area contributed by atoms with E-state index in [2.05, 4.69) is 5.10 Å². The fraction of sp³-hybridized carbons (Fsp3) is 0.308. The molecule has 3 heterocycles. The number of nitrogens with zero attached hydrogens (tertiary/aromatic N) is 4. The number of benzene rings is 2. The normalized spacial score (nSPS) is 16.4. The maximum absolute atomic E-state index is 14.4. The van der Waals surface area contributed by atoms with E-state index in [1.165, 1.54) is 16.6 Å². The van der Waals surface area contributed by atoms with E-state index < -0.39 is 11.7 Å². The van der Waals surface area contributed by atoms with Crippen molar-refractivity contribution in [2.45, 2.75) is 38.9 Å². The fourth-order valence-corrected chi connectivity index (χ4v) is 4.73. The van der Waals surface area contributed by atoms with Gasteiger partial charge in [-0.25, -0.2) is 13.9 Å². The quantitative estimate of drug-likeness (QED) is 0.372. The van der Waals surface area contributed by atoms with E-state index in [1.807, 2.05) is 4.90 Å². The molecule has 2 aromatic carbocycles. The molecule has 1 N–H and O–H groups in total. The molecule has 0 radical (unpaired) electrons. The van der Waals surface area contributed by atoms with Crippen LogP contribution in [0.5, 0.6) is 0 Å². The Labute approximate surface area is 199 Å². The minimum absolute atomic E-state index is 0.0555. The van der Waals surface area contributed by atoms with Crippen molar-refractivity contribution in [3.8, 4) is 22.4 Å². The van der Waals surface area contributed by atoms with Crippen LogP contribution in [0.25, 0.3) is 28.0 Å². The number of fused-ring (bicyclic) bond motifs is 1. The molecule has 1 atom stereocenters. The highest BCUT2D eigenvalue weighted by Crippen LogP contribution is 2.37. The van der Waals surface area contributed by atoms with Crippen LogP contribution >= 0.6 is 0 Å². The molecule has 0 spiro atoms. The molecule has 0 aliphatic carbocycles. The Balaban J connectivity index is 1.79. The van der Waals surface area contributed by atoms with Gasteiger partial charge in [-0.05, 0) is 56.0 Å². The Morgan fingerprint density at radius 3 is 2.57 bits per heavy atom. The third-order valence-electron chi connectivity index (χ3n) is 6.58. The van der Waals surface area contributed by atoms with Crippen molar-refractivity contribution in [2.75, 3.05) is 18.1 Å². The third kappa shape index (κ3) is 4.14. The number of aliphatic hydroxyl groups is 1. The van der Waals surface area contributed by atoms with Crippen molar-refractivity contribution >= 4 is 11.5 Å². The van der Waals surface area contributed by atoms with E-state index in [0.717, 1.165) is 25.0 Å². The maximum Gasteiger partial charge on any atom is 0.416 e. The van der Waals surface area contributed by atoms with Crippen LogP contribution < -0.4 is 4.90 Å². The van der Waals surface area contributed by atoms with Gasteiger partial charge in [0, 0.05) is 23.7 Å². The first kappa shape index (κ1) is 23.3. The fourth-order valence-electron chi connectivity index (χ4n) is 4.73. The van der Waals surface area contributed by atoms with Gasteiger partial charge in [0.05, 0.1) is 29.6 Å². The zero-order valence-corrected chi connectivity index (χ0v) is 19.3. The Morgan fingerprint density at radius 1 is 1.06 bits per heavy atom. The van der Waals surface area contributed by atoms with E-state index in [0.29, 0.717) is 51.7 Å². The summed E-state index contributed by atoms with van der Waals surface area (Å²) in [4.78, 5) is 6.80. The molecule has 9 heteroatoms. The minimum Gasteiger partial charge on any atom is -0.394 e. The zero-order chi connectivity index (χ0) is 24.9.